The van der Waals surface area contributed by atoms with Gasteiger partial charge in [-0.15, -0.1) is 0 Å². The Labute approximate surface area is 118 Å². The molecule has 0 amide bonds. The highest BCUT2D eigenvalue weighted by Gasteiger charge is 2.28. The summed E-state index contributed by atoms with van der Waals surface area (Å²) in [6.07, 6.45) is 3.44. The lowest BCUT2D eigenvalue weighted by molar-refractivity contribution is 0.601. The number of nitrogens with zero attached hydrogens (tertiary/aromatic N) is 3. The van der Waals surface area contributed by atoms with Crippen LogP contribution >= 0.6 is 11.6 Å². The lowest BCUT2D eigenvalue weighted by atomic mass is 10.3. The van der Waals surface area contributed by atoms with Gasteiger partial charge in [0.25, 0.3) is 0 Å². The average molecular weight is 304 g/mol. The van der Waals surface area contributed by atoms with Gasteiger partial charge in [-0.05, 0) is 19.8 Å². The predicted octanol–water partition coefficient (Wildman–Crippen LogP) is 1.80. The molecule has 0 atom stereocenters. The Morgan fingerprint density at radius 3 is 2.53 bits per heavy atom. The van der Waals surface area contributed by atoms with Crippen LogP contribution in [0.1, 0.15) is 30.1 Å². The zero-order valence-corrected chi connectivity index (χ0v) is 12.9. The topological polar surface area (TPSA) is 63.2 Å². The molecule has 0 aliphatic heterocycles. The monoisotopic (exact) mass is 303 g/mol. The molecular weight excluding hydrogens is 286 g/mol. The van der Waals surface area contributed by atoms with Crippen LogP contribution in [0.25, 0.3) is 0 Å². The highest BCUT2D eigenvalue weighted by molar-refractivity contribution is 7.90. The van der Waals surface area contributed by atoms with E-state index in [1.165, 1.54) is 6.26 Å². The van der Waals surface area contributed by atoms with E-state index >= 15 is 0 Å². The summed E-state index contributed by atoms with van der Waals surface area (Å²) in [5.74, 6) is 2.02. The standard InChI is InChI=1S/C12H18ClN3O2S/c1-8-10(13)14-11(9-4-5-9)15-12(8)16(2)6-7-19(3,17)18/h9H,4-7H2,1-3H3. The van der Waals surface area contributed by atoms with Crippen molar-refractivity contribution in [3.63, 3.8) is 0 Å². The first-order valence-electron chi connectivity index (χ1n) is 6.21. The van der Waals surface area contributed by atoms with E-state index < -0.39 is 9.84 Å². The van der Waals surface area contributed by atoms with E-state index in [2.05, 4.69) is 9.97 Å². The molecule has 0 bridgehead atoms. The fraction of sp³-hybridized carbons (Fsp3) is 0.667. The van der Waals surface area contributed by atoms with Gasteiger partial charge in [0.1, 0.15) is 26.6 Å². The average Bonchev–Trinajstić information content (AvgIpc) is 3.12. The van der Waals surface area contributed by atoms with E-state index in [4.69, 9.17) is 11.6 Å². The van der Waals surface area contributed by atoms with Crippen LogP contribution in [0.5, 0.6) is 0 Å². The van der Waals surface area contributed by atoms with Gasteiger partial charge in [0.2, 0.25) is 0 Å². The molecule has 0 unspecified atom stereocenters. The molecule has 0 N–H and O–H groups in total. The van der Waals surface area contributed by atoms with Crippen molar-refractivity contribution in [2.24, 2.45) is 0 Å². The Kier molecular flexibility index (Phi) is 4.01. The molecule has 19 heavy (non-hydrogen) atoms. The van der Waals surface area contributed by atoms with Gasteiger partial charge in [-0.25, -0.2) is 18.4 Å². The van der Waals surface area contributed by atoms with Crippen molar-refractivity contribution in [1.82, 2.24) is 9.97 Å². The van der Waals surface area contributed by atoms with Crippen LogP contribution in [0.4, 0.5) is 5.82 Å². The van der Waals surface area contributed by atoms with Crippen LogP contribution in [0.3, 0.4) is 0 Å². The van der Waals surface area contributed by atoms with Gasteiger partial charge in [0.15, 0.2) is 0 Å². The van der Waals surface area contributed by atoms with Crippen LogP contribution in [-0.4, -0.2) is 44.0 Å². The molecule has 2 rings (SSSR count). The summed E-state index contributed by atoms with van der Waals surface area (Å²) in [7, 11) is -1.16. The maximum Gasteiger partial charge on any atom is 0.149 e. The van der Waals surface area contributed by atoms with Crippen molar-refractivity contribution >= 4 is 27.3 Å². The van der Waals surface area contributed by atoms with Gasteiger partial charge >= 0.3 is 0 Å². The van der Waals surface area contributed by atoms with Gasteiger partial charge in [-0.2, -0.15) is 0 Å². The molecule has 1 aromatic heterocycles. The van der Waals surface area contributed by atoms with Gasteiger partial charge in [-0.3, -0.25) is 0 Å². The Balaban J connectivity index is 2.22. The number of hydrogen-bond donors (Lipinski definition) is 0. The van der Waals surface area contributed by atoms with Crippen molar-refractivity contribution in [3.8, 4) is 0 Å². The molecule has 0 saturated heterocycles. The van der Waals surface area contributed by atoms with Gasteiger partial charge < -0.3 is 4.90 Å². The molecule has 1 fully saturated rings. The minimum Gasteiger partial charge on any atom is -0.358 e. The van der Waals surface area contributed by atoms with E-state index in [0.29, 0.717) is 17.6 Å². The molecule has 1 saturated carbocycles. The third-order valence-electron chi connectivity index (χ3n) is 3.18. The summed E-state index contributed by atoms with van der Waals surface area (Å²) in [4.78, 5) is 10.7. The maximum absolute atomic E-state index is 11.2. The van der Waals surface area contributed by atoms with E-state index in [9.17, 15) is 8.42 Å². The van der Waals surface area contributed by atoms with Crippen LogP contribution in [0.2, 0.25) is 5.15 Å². The molecule has 1 heterocycles. The summed E-state index contributed by atoms with van der Waals surface area (Å²) in [5, 5.41) is 0.457. The second-order valence-electron chi connectivity index (χ2n) is 5.15. The Morgan fingerprint density at radius 1 is 1.37 bits per heavy atom. The minimum atomic E-state index is -2.98. The number of hydrogen-bond acceptors (Lipinski definition) is 5. The highest BCUT2D eigenvalue weighted by atomic mass is 35.5. The first-order valence-corrected chi connectivity index (χ1v) is 8.64. The van der Waals surface area contributed by atoms with Crippen molar-refractivity contribution in [2.75, 3.05) is 30.5 Å². The summed E-state index contributed by atoms with van der Waals surface area (Å²) >= 11 is 6.13. The normalized spacial score (nSPS) is 15.6. The van der Waals surface area contributed by atoms with E-state index in [1.807, 2.05) is 18.9 Å². The Morgan fingerprint density at radius 2 is 2.00 bits per heavy atom. The summed E-state index contributed by atoms with van der Waals surface area (Å²) in [6, 6.07) is 0. The zero-order chi connectivity index (χ0) is 14.2. The van der Waals surface area contributed by atoms with Crippen LogP contribution < -0.4 is 4.90 Å². The zero-order valence-electron chi connectivity index (χ0n) is 11.4. The van der Waals surface area contributed by atoms with Gasteiger partial charge in [0, 0.05) is 31.3 Å². The molecule has 5 nitrogen and oxygen atoms in total. The largest absolute Gasteiger partial charge is 0.358 e. The second-order valence-corrected chi connectivity index (χ2v) is 7.76. The number of sulfone groups is 1. The van der Waals surface area contributed by atoms with Crippen molar-refractivity contribution < 1.29 is 8.42 Å². The molecule has 0 radical (unpaired) electrons. The predicted molar refractivity (Wildman–Crippen MR) is 76.7 cm³/mol. The van der Waals surface area contributed by atoms with Gasteiger partial charge in [0.05, 0.1) is 5.75 Å². The van der Waals surface area contributed by atoms with Crippen LogP contribution in [0, 0.1) is 6.92 Å². The lowest BCUT2D eigenvalue weighted by Crippen LogP contribution is -2.27. The van der Waals surface area contributed by atoms with E-state index in [0.717, 1.165) is 30.0 Å². The maximum atomic E-state index is 11.2. The smallest absolute Gasteiger partial charge is 0.149 e. The number of anilines is 1. The van der Waals surface area contributed by atoms with E-state index in [-0.39, 0.29) is 5.75 Å². The van der Waals surface area contributed by atoms with Crippen molar-refractivity contribution in [3.05, 3.63) is 16.5 Å². The Hall–Kier alpha value is -0.880. The number of rotatable bonds is 5. The highest BCUT2D eigenvalue weighted by Crippen LogP contribution is 2.39. The van der Waals surface area contributed by atoms with Crippen molar-refractivity contribution in [1.29, 1.82) is 0 Å². The first-order chi connectivity index (χ1) is 8.78. The quantitative estimate of drug-likeness (QED) is 0.776. The summed E-state index contributed by atoms with van der Waals surface area (Å²) in [5.41, 5.74) is 0.794. The fourth-order valence-electron chi connectivity index (χ4n) is 1.80. The number of aromatic nitrogens is 2. The first kappa shape index (κ1) is 14.5. The molecule has 7 heteroatoms. The van der Waals surface area contributed by atoms with Crippen LogP contribution in [0.15, 0.2) is 0 Å². The minimum absolute atomic E-state index is 0.101. The molecule has 0 aromatic carbocycles. The molecule has 1 aliphatic rings. The fourth-order valence-corrected chi connectivity index (χ4v) is 2.58. The molecular formula is C12H18ClN3O2S. The molecule has 106 valence electrons. The SMILES string of the molecule is Cc1c(Cl)nc(C2CC2)nc1N(C)CCS(C)(=O)=O. The Bertz CT molecular complexity index is 585. The third-order valence-corrected chi connectivity index (χ3v) is 4.47. The van der Waals surface area contributed by atoms with E-state index in [1.54, 1.807) is 0 Å². The third kappa shape index (κ3) is 3.79. The molecule has 1 aromatic rings. The molecule has 1 aliphatic carbocycles. The van der Waals surface area contributed by atoms with Crippen LogP contribution in [-0.2, 0) is 9.84 Å². The summed E-state index contributed by atoms with van der Waals surface area (Å²) < 4.78 is 22.4. The molecule has 0 spiro atoms. The lowest BCUT2D eigenvalue weighted by Gasteiger charge is -2.20. The van der Waals surface area contributed by atoms with Crippen molar-refractivity contribution in [2.45, 2.75) is 25.7 Å². The second kappa shape index (κ2) is 5.25. The summed E-state index contributed by atoms with van der Waals surface area (Å²) in [6.45, 7) is 2.25. The van der Waals surface area contributed by atoms with Gasteiger partial charge in [-0.1, -0.05) is 11.6 Å². The number of halogens is 1.